The van der Waals surface area contributed by atoms with Gasteiger partial charge >= 0.3 is 0 Å². The predicted octanol–water partition coefficient (Wildman–Crippen LogP) is 4.50. The average molecular weight is 265 g/mol. The maximum Gasteiger partial charge on any atom is 0.185 e. The Morgan fingerprint density at radius 3 is 2.12 bits per heavy atom. The zero-order chi connectivity index (χ0) is 12.3. The van der Waals surface area contributed by atoms with E-state index in [1.165, 1.54) is 0 Å². The van der Waals surface area contributed by atoms with Gasteiger partial charge in [-0.05, 0) is 29.8 Å². The normalized spacial score (nSPS) is 12.1. The molecule has 2 aromatic carbocycles. The molecule has 0 spiro atoms. The number of carbonyl (C=O) groups excluding carboxylic acids is 1. The number of rotatable bonds is 3. The highest BCUT2D eigenvalue weighted by molar-refractivity contribution is 6.34. The second-order valence-electron chi connectivity index (χ2n) is 3.64. The smallest absolute Gasteiger partial charge is 0.185 e. The SMILES string of the molecule is O=C(c1ccc(Cl)cc1)C(Cl)c1ccccc1. The second-order valence-corrected chi connectivity index (χ2v) is 4.52. The van der Waals surface area contributed by atoms with E-state index in [1.54, 1.807) is 24.3 Å². The van der Waals surface area contributed by atoms with Crippen molar-refractivity contribution >= 4 is 29.0 Å². The molecular weight excluding hydrogens is 255 g/mol. The van der Waals surface area contributed by atoms with Gasteiger partial charge < -0.3 is 0 Å². The largest absolute Gasteiger partial charge is 0.292 e. The molecule has 0 N–H and O–H groups in total. The lowest BCUT2D eigenvalue weighted by Crippen LogP contribution is -2.07. The molecule has 1 nitrogen and oxygen atoms in total. The van der Waals surface area contributed by atoms with Gasteiger partial charge in [0.2, 0.25) is 0 Å². The summed E-state index contributed by atoms with van der Waals surface area (Å²) in [7, 11) is 0. The van der Waals surface area contributed by atoms with Crippen molar-refractivity contribution in [2.45, 2.75) is 5.38 Å². The molecule has 0 fully saturated rings. The van der Waals surface area contributed by atoms with E-state index in [2.05, 4.69) is 0 Å². The fraction of sp³-hybridized carbons (Fsp3) is 0.0714. The number of hydrogen-bond acceptors (Lipinski definition) is 1. The Hall–Kier alpha value is -1.31. The molecule has 17 heavy (non-hydrogen) atoms. The summed E-state index contributed by atoms with van der Waals surface area (Å²) in [6.45, 7) is 0. The number of alkyl halides is 1. The van der Waals surface area contributed by atoms with Crippen LogP contribution in [-0.2, 0) is 0 Å². The fourth-order valence-electron chi connectivity index (χ4n) is 1.53. The summed E-state index contributed by atoms with van der Waals surface area (Å²) in [5, 5.41) is -0.0511. The first-order valence-corrected chi connectivity index (χ1v) is 5.99. The van der Waals surface area contributed by atoms with Crippen LogP contribution in [0.15, 0.2) is 54.6 Å². The molecule has 86 valence electrons. The Morgan fingerprint density at radius 2 is 1.53 bits per heavy atom. The van der Waals surface area contributed by atoms with Crippen molar-refractivity contribution in [3.63, 3.8) is 0 Å². The first-order chi connectivity index (χ1) is 8.18. The molecule has 0 saturated heterocycles. The lowest BCUT2D eigenvalue weighted by molar-refractivity contribution is 0.0987. The van der Waals surface area contributed by atoms with Crippen LogP contribution < -0.4 is 0 Å². The molecule has 0 aliphatic carbocycles. The maximum atomic E-state index is 12.1. The van der Waals surface area contributed by atoms with Crippen LogP contribution in [0.1, 0.15) is 21.3 Å². The maximum absolute atomic E-state index is 12.1. The molecule has 0 aliphatic rings. The Kier molecular flexibility index (Phi) is 3.82. The quantitative estimate of drug-likeness (QED) is 0.589. The van der Waals surface area contributed by atoms with Crippen LogP contribution in [0.2, 0.25) is 5.02 Å². The van der Waals surface area contributed by atoms with Crippen LogP contribution in [0, 0.1) is 0 Å². The number of benzene rings is 2. The lowest BCUT2D eigenvalue weighted by atomic mass is 10.0. The van der Waals surface area contributed by atoms with Crippen molar-refractivity contribution in [2.75, 3.05) is 0 Å². The van der Waals surface area contributed by atoms with Gasteiger partial charge in [0.15, 0.2) is 5.78 Å². The van der Waals surface area contributed by atoms with Crippen LogP contribution in [0.4, 0.5) is 0 Å². The fourth-order valence-corrected chi connectivity index (χ4v) is 1.93. The van der Waals surface area contributed by atoms with Crippen molar-refractivity contribution in [3.05, 3.63) is 70.7 Å². The van der Waals surface area contributed by atoms with Gasteiger partial charge in [-0.3, -0.25) is 4.79 Å². The van der Waals surface area contributed by atoms with Gasteiger partial charge in [0, 0.05) is 10.6 Å². The van der Waals surface area contributed by atoms with Crippen LogP contribution in [0.3, 0.4) is 0 Å². The van der Waals surface area contributed by atoms with Crippen LogP contribution in [-0.4, -0.2) is 5.78 Å². The first kappa shape index (κ1) is 12.2. The molecule has 0 amide bonds. The third-order valence-electron chi connectivity index (χ3n) is 2.45. The van der Waals surface area contributed by atoms with E-state index in [4.69, 9.17) is 23.2 Å². The van der Waals surface area contributed by atoms with E-state index >= 15 is 0 Å². The first-order valence-electron chi connectivity index (χ1n) is 5.17. The van der Waals surface area contributed by atoms with Gasteiger partial charge in [-0.15, -0.1) is 11.6 Å². The summed E-state index contributed by atoms with van der Waals surface area (Å²) in [5.41, 5.74) is 1.37. The molecule has 2 aromatic rings. The van der Waals surface area contributed by atoms with E-state index in [0.29, 0.717) is 10.6 Å². The van der Waals surface area contributed by atoms with E-state index in [0.717, 1.165) is 5.56 Å². The predicted molar refractivity (Wildman–Crippen MR) is 70.8 cm³/mol. The average Bonchev–Trinajstić information content (AvgIpc) is 2.39. The van der Waals surface area contributed by atoms with Gasteiger partial charge in [0.25, 0.3) is 0 Å². The number of Topliss-reactive ketones (excluding diaryl/α,β-unsaturated/α-hetero) is 1. The Bertz CT molecular complexity index is 506. The minimum Gasteiger partial charge on any atom is -0.292 e. The number of hydrogen-bond donors (Lipinski definition) is 0. The molecule has 0 saturated carbocycles. The molecule has 0 heterocycles. The summed E-state index contributed by atoms with van der Waals surface area (Å²) in [6.07, 6.45) is 0. The zero-order valence-electron chi connectivity index (χ0n) is 8.94. The van der Waals surface area contributed by atoms with Crippen molar-refractivity contribution in [3.8, 4) is 0 Å². The van der Waals surface area contributed by atoms with Gasteiger partial charge in [0.05, 0.1) is 0 Å². The number of ketones is 1. The molecule has 1 unspecified atom stereocenters. The monoisotopic (exact) mass is 264 g/mol. The van der Waals surface area contributed by atoms with Gasteiger partial charge in [-0.2, -0.15) is 0 Å². The van der Waals surface area contributed by atoms with E-state index in [1.807, 2.05) is 30.3 Å². The molecule has 0 radical (unpaired) electrons. The zero-order valence-corrected chi connectivity index (χ0v) is 10.4. The van der Waals surface area contributed by atoms with E-state index < -0.39 is 5.38 Å². The van der Waals surface area contributed by atoms with Crippen LogP contribution in [0.25, 0.3) is 0 Å². The van der Waals surface area contributed by atoms with Crippen molar-refractivity contribution < 1.29 is 4.79 Å². The summed E-state index contributed by atoms with van der Waals surface area (Å²) in [6, 6.07) is 16.0. The van der Waals surface area contributed by atoms with Gasteiger partial charge in [-0.25, -0.2) is 0 Å². The summed E-state index contributed by atoms with van der Waals surface area (Å²) in [5.74, 6) is -0.116. The second kappa shape index (κ2) is 5.35. The van der Waals surface area contributed by atoms with Crippen LogP contribution in [0.5, 0.6) is 0 Å². The Balaban J connectivity index is 2.23. The molecular formula is C14H10Cl2O. The number of halogens is 2. The minimum atomic E-state index is -0.655. The summed E-state index contributed by atoms with van der Waals surface area (Å²) >= 11 is 11.9. The van der Waals surface area contributed by atoms with Crippen molar-refractivity contribution in [1.82, 2.24) is 0 Å². The molecule has 0 aromatic heterocycles. The molecule has 2 rings (SSSR count). The van der Waals surface area contributed by atoms with E-state index in [9.17, 15) is 4.79 Å². The molecule has 0 aliphatic heterocycles. The highest BCUT2D eigenvalue weighted by Crippen LogP contribution is 2.25. The highest BCUT2D eigenvalue weighted by atomic mass is 35.5. The molecule has 0 bridgehead atoms. The number of carbonyl (C=O) groups is 1. The molecule has 3 heteroatoms. The third kappa shape index (κ3) is 2.87. The summed E-state index contributed by atoms with van der Waals surface area (Å²) < 4.78 is 0. The van der Waals surface area contributed by atoms with Gasteiger partial charge in [0.1, 0.15) is 5.38 Å². The van der Waals surface area contributed by atoms with E-state index in [-0.39, 0.29) is 5.78 Å². The summed E-state index contributed by atoms with van der Waals surface area (Å²) in [4.78, 5) is 12.1. The topological polar surface area (TPSA) is 17.1 Å². The van der Waals surface area contributed by atoms with Crippen molar-refractivity contribution in [2.24, 2.45) is 0 Å². The highest BCUT2D eigenvalue weighted by Gasteiger charge is 2.18. The lowest BCUT2D eigenvalue weighted by Gasteiger charge is -2.08. The van der Waals surface area contributed by atoms with Gasteiger partial charge in [-0.1, -0.05) is 41.9 Å². The standard InChI is InChI=1S/C14H10Cl2O/c15-12-8-6-11(7-9-12)14(17)13(16)10-4-2-1-3-5-10/h1-9,13H. The molecule has 1 atom stereocenters. The van der Waals surface area contributed by atoms with Crippen molar-refractivity contribution in [1.29, 1.82) is 0 Å². The van der Waals surface area contributed by atoms with Crippen LogP contribution >= 0.6 is 23.2 Å². The Morgan fingerprint density at radius 1 is 0.941 bits per heavy atom. The minimum absolute atomic E-state index is 0.116. The third-order valence-corrected chi connectivity index (χ3v) is 3.15. The Labute approximate surface area is 110 Å².